The van der Waals surface area contributed by atoms with Crippen LogP contribution in [0.1, 0.15) is 26.7 Å². The second kappa shape index (κ2) is 10.7. The van der Waals surface area contributed by atoms with Crippen molar-refractivity contribution in [2.45, 2.75) is 32.8 Å². The molecule has 0 spiro atoms. The predicted octanol–water partition coefficient (Wildman–Crippen LogP) is 4.33. The second-order valence-corrected chi connectivity index (χ2v) is 7.57. The van der Waals surface area contributed by atoms with Crippen molar-refractivity contribution in [3.05, 3.63) is 48.5 Å². The maximum Gasteiger partial charge on any atom is 0.243 e. The molecule has 1 aliphatic heterocycles. The topological polar surface area (TPSA) is 68.8 Å². The van der Waals surface area contributed by atoms with Crippen molar-refractivity contribution in [1.29, 1.82) is 0 Å². The molecule has 29 heavy (non-hydrogen) atoms. The summed E-state index contributed by atoms with van der Waals surface area (Å²) in [4.78, 5) is 12.3. The zero-order valence-corrected chi connectivity index (χ0v) is 17.1. The Bertz CT molecular complexity index is 771. The van der Waals surface area contributed by atoms with Gasteiger partial charge < -0.3 is 24.8 Å². The highest BCUT2D eigenvalue weighted by atomic mass is 16.5. The fourth-order valence-corrected chi connectivity index (χ4v) is 2.96. The summed E-state index contributed by atoms with van der Waals surface area (Å²) < 4.78 is 17.1. The summed E-state index contributed by atoms with van der Waals surface area (Å²) in [5.74, 6) is 1.76. The van der Waals surface area contributed by atoms with E-state index in [4.69, 9.17) is 14.2 Å². The van der Waals surface area contributed by atoms with E-state index in [9.17, 15) is 4.79 Å². The van der Waals surface area contributed by atoms with Gasteiger partial charge in [0.05, 0.1) is 24.9 Å². The van der Waals surface area contributed by atoms with Crippen LogP contribution in [0.3, 0.4) is 0 Å². The van der Waals surface area contributed by atoms with E-state index in [2.05, 4.69) is 24.5 Å². The lowest BCUT2D eigenvalue weighted by Gasteiger charge is -2.14. The average molecular weight is 399 g/mol. The lowest BCUT2D eigenvalue weighted by molar-refractivity contribution is -0.114. The first-order chi connectivity index (χ1) is 14.1. The number of hydrogen-bond acceptors (Lipinski definition) is 5. The number of nitrogens with one attached hydrogen (secondary N) is 2. The maximum absolute atomic E-state index is 12.3. The monoisotopic (exact) mass is 398 g/mol. The van der Waals surface area contributed by atoms with Crippen LogP contribution in [0, 0.1) is 5.92 Å². The van der Waals surface area contributed by atoms with E-state index in [1.54, 1.807) is 0 Å². The van der Waals surface area contributed by atoms with Gasteiger partial charge >= 0.3 is 0 Å². The number of rotatable bonds is 10. The van der Waals surface area contributed by atoms with Crippen LogP contribution in [0.25, 0.3) is 0 Å². The molecule has 0 saturated carbocycles. The minimum absolute atomic E-state index is 0.135. The van der Waals surface area contributed by atoms with Crippen molar-refractivity contribution in [2.24, 2.45) is 5.92 Å². The molecule has 2 N–H and O–H groups in total. The fraction of sp³-hybridized carbons (Fsp3) is 0.435. The van der Waals surface area contributed by atoms with Crippen LogP contribution in [0.5, 0.6) is 11.5 Å². The molecule has 0 aliphatic carbocycles. The van der Waals surface area contributed by atoms with Crippen molar-refractivity contribution >= 4 is 17.3 Å². The smallest absolute Gasteiger partial charge is 0.243 e. The van der Waals surface area contributed by atoms with Gasteiger partial charge in [-0.1, -0.05) is 26.0 Å². The van der Waals surface area contributed by atoms with Crippen LogP contribution in [0.15, 0.2) is 48.5 Å². The Labute approximate surface area is 172 Å². The van der Waals surface area contributed by atoms with Crippen molar-refractivity contribution < 1.29 is 19.0 Å². The van der Waals surface area contributed by atoms with E-state index >= 15 is 0 Å². The van der Waals surface area contributed by atoms with Gasteiger partial charge in [-0.25, -0.2) is 0 Å². The number of anilines is 2. The molecule has 6 nitrogen and oxygen atoms in total. The van der Waals surface area contributed by atoms with Crippen molar-refractivity contribution in [3.8, 4) is 11.5 Å². The Hall–Kier alpha value is -2.73. The summed E-state index contributed by atoms with van der Waals surface area (Å²) in [5.41, 5.74) is 1.53. The maximum atomic E-state index is 12.3. The number of para-hydroxylation sites is 2. The molecule has 1 atom stereocenters. The highest BCUT2D eigenvalue weighted by Crippen LogP contribution is 2.24. The van der Waals surface area contributed by atoms with Gasteiger partial charge in [-0.3, -0.25) is 4.79 Å². The number of carbonyl (C=O) groups excluding carboxylic acids is 1. The zero-order valence-electron chi connectivity index (χ0n) is 17.1. The number of ether oxygens (including phenoxy) is 3. The van der Waals surface area contributed by atoms with Gasteiger partial charge in [-0.2, -0.15) is 0 Å². The molecule has 0 bridgehead atoms. The quantitative estimate of drug-likeness (QED) is 0.623. The zero-order chi connectivity index (χ0) is 20.5. The van der Waals surface area contributed by atoms with Crippen LogP contribution < -0.4 is 20.1 Å². The summed E-state index contributed by atoms with van der Waals surface area (Å²) in [7, 11) is 0. The largest absolute Gasteiger partial charge is 0.491 e. The molecule has 2 aromatic carbocycles. The van der Waals surface area contributed by atoms with Gasteiger partial charge in [-0.05, 0) is 55.2 Å². The van der Waals surface area contributed by atoms with Gasteiger partial charge in [-0.15, -0.1) is 0 Å². The first-order valence-electron chi connectivity index (χ1n) is 10.2. The summed E-state index contributed by atoms with van der Waals surface area (Å²) in [6.07, 6.45) is 2.36. The molecule has 1 amide bonds. The lowest BCUT2D eigenvalue weighted by atomic mass is 10.2. The first kappa shape index (κ1) is 21.0. The van der Waals surface area contributed by atoms with Crippen LogP contribution in [-0.2, 0) is 9.53 Å². The molecule has 3 rings (SSSR count). The van der Waals surface area contributed by atoms with Gasteiger partial charge in [0, 0.05) is 12.3 Å². The average Bonchev–Trinajstić information content (AvgIpc) is 3.24. The van der Waals surface area contributed by atoms with Crippen LogP contribution in [-0.4, -0.2) is 38.4 Å². The molecule has 2 aromatic rings. The molecule has 1 heterocycles. The highest BCUT2D eigenvalue weighted by molar-refractivity contribution is 5.95. The van der Waals surface area contributed by atoms with Crippen LogP contribution in [0.4, 0.5) is 11.4 Å². The molecular formula is C23H30N2O4. The predicted molar refractivity (Wildman–Crippen MR) is 115 cm³/mol. The summed E-state index contributed by atoms with van der Waals surface area (Å²) in [6.45, 7) is 6.34. The van der Waals surface area contributed by atoms with Crippen LogP contribution in [0.2, 0.25) is 0 Å². The van der Waals surface area contributed by atoms with Gasteiger partial charge in [0.25, 0.3) is 0 Å². The van der Waals surface area contributed by atoms with Gasteiger partial charge in [0.2, 0.25) is 5.91 Å². The third-order valence-corrected chi connectivity index (χ3v) is 4.50. The van der Waals surface area contributed by atoms with Crippen molar-refractivity contribution in [1.82, 2.24) is 0 Å². The molecule has 1 unspecified atom stereocenters. The van der Waals surface area contributed by atoms with Gasteiger partial charge in [0.1, 0.15) is 18.1 Å². The van der Waals surface area contributed by atoms with E-state index in [0.717, 1.165) is 30.9 Å². The van der Waals surface area contributed by atoms with Crippen molar-refractivity contribution in [3.63, 3.8) is 0 Å². The minimum Gasteiger partial charge on any atom is -0.491 e. The first-order valence-corrected chi connectivity index (χ1v) is 10.2. The Balaban J connectivity index is 1.44. The SMILES string of the molecule is CC(C)COc1ccccc1NC(=O)CNc1ccc(OCC2CCCO2)cc1. The summed E-state index contributed by atoms with van der Waals surface area (Å²) in [5, 5.41) is 6.03. The number of hydrogen-bond donors (Lipinski definition) is 2. The Morgan fingerprint density at radius 2 is 1.93 bits per heavy atom. The van der Waals surface area contributed by atoms with E-state index in [0.29, 0.717) is 30.6 Å². The molecule has 6 heteroatoms. The second-order valence-electron chi connectivity index (χ2n) is 7.57. The summed E-state index contributed by atoms with van der Waals surface area (Å²) >= 11 is 0. The Morgan fingerprint density at radius 1 is 1.14 bits per heavy atom. The molecule has 156 valence electrons. The normalized spacial score (nSPS) is 15.9. The van der Waals surface area contributed by atoms with Gasteiger partial charge in [0.15, 0.2) is 0 Å². The molecule has 0 radical (unpaired) electrons. The summed E-state index contributed by atoms with van der Waals surface area (Å²) in [6, 6.07) is 15.1. The molecular weight excluding hydrogens is 368 g/mol. The number of amides is 1. The number of benzene rings is 2. The van der Waals surface area contributed by atoms with E-state index in [-0.39, 0.29) is 18.6 Å². The minimum atomic E-state index is -0.135. The molecule has 1 fully saturated rings. The van der Waals surface area contributed by atoms with E-state index in [1.807, 2.05) is 48.5 Å². The van der Waals surface area contributed by atoms with E-state index < -0.39 is 0 Å². The van der Waals surface area contributed by atoms with E-state index in [1.165, 1.54) is 0 Å². The molecule has 1 saturated heterocycles. The Kier molecular flexibility index (Phi) is 7.76. The third kappa shape index (κ3) is 6.98. The van der Waals surface area contributed by atoms with Crippen LogP contribution >= 0.6 is 0 Å². The fourth-order valence-electron chi connectivity index (χ4n) is 2.96. The van der Waals surface area contributed by atoms with Crippen molar-refractivity contribution in [2.75, 3.05) is 37.0 Å². The lowest BCUT2D eigenvalue weighted by Crippen LogP contribution is -2.22. The Morgan fingerprint density at radius 3 is 2.66 bits per heavy atom. The standard InChI is InChI=1S/C23H30N2O4/c1-17(2)15-29-22-8-4-3-7-21(22)25-23(26)14-24-18-9-11-19(12-10-18)28-16-20-6-5-13-27-20/h3-4,7-12,17,20,24H,5-6,13-16H2,1-2H3,(H,25,26). The molecule has 1 aliphatic rings. The highest BCUT2D eigenvalue weighted by Gasteiger charge is 2.16. The number of carbonyl (C=O) groups is 1. The molecule has 0 aromatic heterocycles. The third-order valence-electron chi connectivity index (χ3n) is 4.50.